The molecule has 3 rings (SSSR count). The molecule has 0 bridgehead atoms. The third-order valence-electron chi connectivity index (χ3n) is 5.46. The van der Waals surface area contributed by atoms with E-state index in [2.05, 4.69) is 15.7 Å². The molecule has 1 aliphatic heterocycles. The molecule has 1 aromatic heterocycles. The second-order valence-corrected chi connectivity index (χ2v) is 8.15. The first-order valence-electron chi connectivity index (χ1n) is 10.4. The summed E-state index contributed by atoms with van der Waals surface area (Å²) in [5.74, 6) is -0.138. The van der Waals surface area contributed by atoms with Gasteiger partial charge < -0.3 is 15.5 Å². The summed E-state index contributed by atoms with van der Waals surface area (Å²) in [5, 5.41) is 10.8. The predicted octanol–water partition coefficient (Wildman–Crippen LogP) is 1.41. The minimum absolute atomic E-state index is 0.0300. The lowest BCUT2D eigenvalue weighted by Gasteiger charge is -2.16. The summed E-state index contributed by atoms with van der Waals surface area (Å²) in [5.41, 5.74) is 2.77. The van der Waals surface area contributed by atoms with Gasteiger partial charge in [-0.05, 0) is 49.2 Å². The van der Waals surface area contributed by atoms with E-state index >= 15 is 0 Å². The number of benzene rings is 1. The summed E-state index contributed by atoms with van der Waals surface area (Å²) in [6, 6.07) is 5.58. The van der Waals surface area contributed by atoms with E-state index in [1.807, 2.05) is 25.2 Å². The van der Waals surface area contributed by atoms with Crippen molar-refractivity contribution in [2.75, 3.05) is 20.1 Å². The minimum Gasteiger partial charge on any atom is -0.352 e. The van der Waals surface area contributed by atoms with Crippen molar-refractivity contribution >= 4 is 23.4 Å². The maximum Gasteiger partial charge on any atom is 0.270 e. The highest BCUT2D eigenvalue weighted by atomic mass is 35.5. The molecule has 31 heavy (non-hydrogen) atoms. The lowest BCUT2D eigenvalue weighted by molar-refractivity contribution is -0.127. The fourth-order valence-corrected chi connectivity index (χ4v) is 3.87. The Labute approximate surface area is 186 Å². The zero-order chi connectivity index (χ0) is 22.4. The second kappa shape index (κ2) is 10.5. The number of likely N-dealkylation sites (tertiary alicyclic amines) is 1. The van der Waals surface area contributed by atoms with E-state index in [4.69, 9.17) is 11.6 Å². The molecule has 0 radical (unpaired) electrons. The SMILES string of the molecule is CNCc1ccc(Cl)cc1CNC(=O)Cc1c(C)cnn(CCN2CCCC2=O)c1=O. The molecule has 2 amide bonds. The molecule has 2 aromatic rings. The third-order valence-corrected chi connectivity index (χ3v) is 5.70. The summed E-state index contributed by atoms with van der Waals surface area (Å²) in [7, 11) is 1.86. The van der Waals surface area contributed by atoms with E-state index in [1.165, 1.54) is 4.68 Å². The highest BCUT2D eigenvalue weighted by Crippen LogP contribution is 2.16. The van der Waals surface area contributed by atoms with Crippen LogP contribution in [0.25, 0.3) is 0 Å². The Morgan fingerprint density at radius 3 is 2.71 bits per heavy atom. The maximum absolute atomic E-state index is 12.9. The van der Waals surface area contributed by atoms with Crippen LogP contribution in [0.4, 0.5) is 0 Å². The van der Waals surface area contributed by atoms with Crippen LogP contribution in [-0.4, -0.2) is 46.6 Å². The summed E-state index contributed by atoms with van der Waals surface area (Å²) < 4.78 is 1.34. The molecule has 1 saturated heterocycles. The zero-order valence-corrected chi connectivity index (χ0v) is 18.7. The first-order valence-corrected chi connectivity index (χ1v) is 10.8. The molecule has 8 nitrogen and oxygen atoms in total. The van der Waals surface area contributed by atoms with Gasteiger partial charge in [0.15, 0.2) is 0 Å². The fourth-order valence-electron chi connectivity index (χ4n) is 3.68. The van der Waals surface area contributed by atoms with Crippen molar-refractivity contribution in [2.24, 2.45) is 0 Å². The molecule has 0 aliphatic carbocycles. The van der Waals surface area contributed by atoms with Crippen LogP contribution in [0.2, 0.25) is 5.02 Å². The van der Waals surface area contributed by atoms with Crippen LogP contribution in [0.1, 0.15) is 35.1 Å². The van der Waals surface area contributed by atoms with Crippen molar-refractivity contribution in [3.8, 4) is 0 Å². The molecule has 1 aromatic carbocycles. The van der Waals surface area contributed by atoms with Gasteiger partial charge in [0.05, 0.1) is 19.2 Å². The van der Waals surface area contributed by atoms with Crippen LogP contribution in [0, 0.1) is 6.92 Å². The summed E-state index contributed by atoms with van der Waals surface area (Å²) in [4.78, 5) is 39.0. The number of amides is 2. The van der Waals surface area contributed by atoms with E-state index < -0.39 is 0 Å². The number of aromatic nitrogens is 2. The Hall–Kier alpha value is -2.71. The highest BCUT2D eigenvalue weighted by Gasteiger charge is 2.20. The van der Waals surface area contributed by atoms with Crippen molar-refractivity contribution in [3.63, 3.8) is 0 Å². The molecule has 0 spiro atoms. The van der Waals surface area contributed by atoms with Crippen LogP contribution in [0.3, 0.4) is 0 Å². The van der Waals surface area contributed by atoms with Gasteiger partial charge in [-0.25, -0.2) is 4.68 Å². The predicted molar refractivity (Wildman–Crippen MR) is 119 cm³/mol. The average molecular weight is 446 g/mol. The van der Waals surface area contributed by atoms with E-state index in [9.17, 15) is 14.4 Å². The van der Waals surface area contributed by atoms with Gasteiger partial charge in [0.25, 0.3) is 5.56 Å². The quantitative estimate of drug-likeness (QED) is 0.608. The molecule has 166 valence electrons. The second-order valence-electron chi connectivity index (χ2n) is 7.72. The summed E-state index contributed by atoms with van der Waals surface area (Å²) >= 11 is 6.10. The Morgan fingerprint density at radius 1 is 1.19 bits per heavy atom. The Bertz CT molecular complexity index is 1020. The molecule has 9 heteroatoms. The number of carbonyl (C=O) groups excluding carboxylic acids is 2. The van der Waals surface area contributed by atoms with Crippen molar-refractivity contribution in [2.45, 2.75) is 45.8 Å². The normalized spacial score (nSPS) is 13.6. The van der Waals surface area contributed by atoms with Gasteiger partial charge in [-0.15, -0.1) is 0 Å². The van der Waals surface area contributed by atoms with Crippen molar-refractivity contribution in [1.82, 2.24) is 25.3 Å². The summed E-state index contributed by atoms with van der Waals surface area (Å²) in [6.45, 7) is 4.24. The number of nitrogens with zero attached hydrogens (tertiary/aromatic N) is 3. The standard InChI is InChI=1S/C22H28ClN5O3/c1-15-12-26-28(9-8-27-7-3-4-21(27)30)22(31)19(15)11-20(29)25-14-17-10-18(23)6-5-16(17)13-24-2/h5-6,10,12,24H,3-4,7-9,11,13-14H2,1-2H3,(H,25,29). The molecule has 1 aliphatic rings. The molecule has 0 unspecified atom stereocenters. The van der Waals surface area contributed by atoms with E-state index in [0.717, 1.165) is 17.5 Å². The maximum atomic E-state index is 12.9. The molecule has 0 saturated carbocycles. The van der Waals surface area contributed by atoms with Crippen LogP contribution in [0.15, 0.2) is 29.2 Å². The topological polar surface area (TPSA) is 96.3 Å². The number of hydrogen-bond acceptors (Lipinski definition) is 5. The van der Waals surface area contributed by atoms with Gasteiger partial charge >= 0.3 is 0 Å². The van der Waals surface area contributed by atoms with Gasteiger partial charge in [-0.3, -0.25) is 14.4 Å². The van der Waals surface area contributed by atoms with E-state index in [0.29, 0.717) is 55.3 Å². The number of carbonyl (C=O) groups is 2. The average Bonchev–Trinajstić information content (AvgIpc) is 3.15. The van der Waals surface area contributed by atoms with Crippen LogP contribution < -0.4 is 16.2 Å². The molecular formula is C22H28ClN5O3. The molecule has 0 atom stereocenters. The van der Waals surface area contributed by atoms with Crippen molar-refractivity contribution < 1.29 is 9.59 Å². The van der Waals surface area contributed by atoms with Crippen molar-refractivity contribution in [1.29, 1.82) is 0 Å². The van der Waals surface area contributed by atoms with E-state index in [1.54, 1.807) is 18.0 Å². The van der Waals surface area contributed by atoms with E-state index in [-0.39, 0.29) is 23.8 Å². The third kappa shape index (κ3) is 5.92. The summed E-state index contributed by atoms with van der Waals surface area (Å²) in [6.07, 6.45) is 2.98. The smallest absolute Gasteiger partial charge is 0.270 e. The Balaban J connectivity index is 1.65. The molecular weight excluding hydrogens is 418 g/mol. The molecule has 1 fully saturated rings. The van der Waals surface area contributed by atoms with Crippen molar-refractivity contribution in [3.05, 3.63) is 62.0 Å². The number of hydrogen-bond donors (Lipinski definition) is 2. The molecule has 2 heterocycles. The van der Waals surface area contributed by atoms with Gasteiger partial charge in [0.2, 0.25) is 11.8 Å². The monoisotopic (exact) mass is 445 g/mol. The van der Waals surface area contributed by atoms with Gasteiger partial charge in [-0.1, -0.05) is 17.7 Å². The van der Waals surface area contributed by atoms with Gasteiger partial charge in [0, 0.05) is 43.2 Å². The van der Waals surface area contributed by atoms with Crippen LogP contribution in [-0.2, 0) is 35.6 Å². The lowest BCUT2D eigenvalue weighted by atomic mass is 10.1. The first-order chi connectivity index (χ1) is 14.9. The number of halogens is 1. The Kier molecular flexibility index (Phi) is 7.81. The number of aryl methyl sites for hydroxylation is 1. The highest BCUT2D eigenvalue weighted by molar-refractivity contribution is 6.30. The zero-order valence-electron chi connectivity index (χ0n) is 17.9. The van der Waals surface area contributed by atoms with Crippen LogP contribution >= 0.6 is 11.6 Å². The fraction of sp³-hybridized carbons (Fsp3) is 0.455. The van der Waals surface area contributed by atoms with Crippen LogP contribution in [0.5, 0.6) is 0 Å². The van der Waals surface area contributed by atoms with Gasteiger partial charge in [0.1, 0.15) is 0 Å². The Morgan fingerprint density at radius 2 is 2.00 bits per heavy atom. The molecule has 2 N–H and O–H groups in total. The minimum atomic E-state index is -0.291. The lowest BCUT2D eigenvalue weighted by Crippen LogP contribution is -2.36. The largest absolute Gasteiger partial charge is 0.352 e. The number of nitrogens with one attached hydrogen (secondary N) is 2. The first kappa shape index (κ1) is 23.0. The number of rotatable bonds is 9. The van der Waals surface area contributed by atoms with Gasteiger partial charge in [-0.2, -0.15) is 5.10 Å².